The molecule has 0 radical (unpaired) electrons. The van der Waals surface area contributed by atoms with E-state index in [1.807, 2.05) is 13.8 Å². The van der Waals surface area contributed by atoms with Gasteiger partial charge in [-0.15, -0.1) is 0 Å². The fourth-order valence-corrected chi connectivity index (χ4v) is 12.8. The van der Waals surface area contributed by atoms with Crippen molar-refractivity contribution in [2.75, 3.05) is 0 Å². The van der Waals surface area contributed by atoms with Crippen LogP contribution in [-0.2, 0) is 9.47 Å². The predicted octanol–water partition coefficient (Wildman–Crippen LogP) is 5.69. The highest BCUT2D eigenvalue weighted by Crippen LogP contribution is 2.90. The summed E-state index contributed by atoms with van der Waals surface area (Å²) in [6.07, 6.45) is 10.4. The summed E-state index contributed by atoms with van der Waals surface area (Å²) >= 11 is 0. The van der Waals surface area contributed by atoms with Gasteiger partial charge >= 0.3 is 0 Å². The van der Waals surface area contributed by atoms with E-state index in [1.165, 1.54) is 51.4 Å². The van der Waals surface area contributed by atoms with E-state index in [4.69, 9.17) is 9.47 Å². The zero-order valence-corrected chi connectivity index (χ0v) is 22.6. The molecular formula is C30H48O4. The molecule has 0 aromatic heterocycles. The van der Waals surface area contributed by atoms with Crippen molar-refractivity contribution >= 4 is 0 Å². The number of aliphatic hydroxyl groups excluding tert-OH is 1. The Balaban J connectivity index is 1.34. The van der Waals surface area contributed by atoms with Gasteiger partial charge in [-0.2, -0.15) is 0 Å². The molecule has 7 aliphatic rings. The fraction of sp³-hybridized carbons (Fsp3) is 1.00. The summed E-state index contributed by atoms with van der Waals surface area (Å²) in [5, 5.41) is 23.4. The van der Waals surface area contributed by atoms with Gasteiger partial charge in [0.15, 0.2) is 5.79 Å². The minimum Gasteiger partial charge on any atom is -0.388 e. The Morgan fingerprint density at radius 2 is 1.56 bits per heavy atom. The van der Waals surface area contributed by atoms with Gasteiger partial charge in [-0.05, 0) is 105 Å². The fourth-order valence-electron chi connectivity index (χ4n) is 12.8. The summed E-state index contributed by atoms with van der Waals surface area (Å²) in [7, 11) is 0. The zero-order valence-electron chi connectivity index (χ0n) is 22.6. The molecule has 2 heterocycles. The van der Waals surface area contributed by atoms with Crippen molar-refractivity contribution in [3.05, 3.63) is 0 Å². The van der Waals surface area contributed by atoms with E-state index in [0.29, 0.717) is 28.1 Å². The number of hydrogen-bond acceptors (Lipinski definition) is 4. The van der Waals surface area contributed by atoms with Gasteiger partial charge in [0, 0.05) is 11.3 Å². The normalized spacial score (nSPS) is 63.3. The molecule has 2 saturated heterocycles. The SMILES string of the molecule is C[C@@H]1CC2OC3(O[C@@H]2C(C)(C)O)C1[C@@]1(C)CC[C@@]24C[C@@]25CCCC(C)(C)C5CCC4[C@]1(C)[C@H]3O. The Bertz CT molecular complexity index is 923. The maximum atomic E-state index is 12.5. The van der Waals surface area contributed by atoms with E-state index in [0.717, 1.165) is 12.3 Å². The van der Waals surface area contributed by atoms with Crippen LogP contribution in [0.4, 0.5) is 0 Å². The van der Waals surface area contributed by atoms with E-state index in [2.05, 4.69) is 34.6 Å². The van der Waals surface area contributed by atoms with Crippen molar-refractivity contribution < 1.29 is 19.7 Å². The predicted molar refractivity (Wildman–Crippen MR) is 131 cm³/mol. The molecule has 0 amide bonds. The lowest BCUT2D eigenvalue weighted by Crippen LogP contribution is -2.59. The van der Waals surface area contributed by atoms with E-state index in [9.17, 15) is 10.2 Å². The molecule has 3 spiro atoms. The summed E-state index contributed by atoms with van der Waals surface area (Å²) in [6.45, 7) is 16.0. The van der Waals surface area contributed by atoms with Crippen LogP contribution >= 0.6 is 0 Å². The molecule has 192 valence electrons. The zero-order chi connectivity index (χ0) is 24.3. The first-order valence-corrected chi connectivity index (χ1v) is 14.5. The van der Waals surface area contributed by atoms with Gasteiger partial charge in [-0.25, -0.2) is 0 Å². The first-order valence-electron chi connectivity index (χ1n) is 14.5. The van der Waals surface area contributed by atoms with E-state index in [-0.39, 0.29) is 29.0 Å². The number of rotatable bonds is 1. The Labute approximate surface area is 206 Å². The van der Waals surface area contributed by atoms with Crippen LogP contribution in [0.3, 0.4) is 0 Å². The maximum absolute atomic E-state index is 12.5. The van der Waals surface area contributed by atoms with Crippen molar-refractivity contribution in [2.45, 2.75) is 136 Å². The molecule has 0 aromatic carbocycles. The standard InChI is InChI=1S/C30H48O4/c1-17-15-18-22(25(4,5)32)34-30(33-18)21(17)26(6)13-14-29-16-28(29)12-8-11-24(2,3)19(28)9-10-20(29)27(26,7)23(30)31/h17-23,31-32H,8-16H2,1-7H3/t17-,18?,19?,20?,21?,22+,23-,26-,27-,28-,29+,30?/m1/s1. The van der Waals surface area contributed by atoms with Gasteiger partial charge in [-0.1, -0.05) is 41.0 Å². The summed E-state index contributed by atoms with van der Waals surface area (Å²) in [6, 6.07) is 0. The first-order chi connectivity index (χ1) is 15.7. The average Bonchev–Trinajstić information content (AvgIpc) is 3.23. The highest BCUT2D eigenvalue weighted by atomic mass is 16.8. The first kappa shape index (κ1) is 23.0. The molecule has 2 N–H and O–H groups in total. The monoisotopic (exact) mass is 472 g/mol. The summed E-state index contributed by atoms with van der Waals surface area (Å²) in [5.74, 6) is 1.01. The van der Waals surface area contributed by atoms with Crippen LogP contribution in [0.15, 0.2) is 0 Å². The Hall–Kier alpha value is -0.160. The Kier molecular flexibility index (Phi) is 4.13. The third-order valence-electron chi connectivity index (χ3n) is 13.9. The Morgan fingerprint density at radius 1 is 0.882 bits per heavy atom. The lowest BCUT2D eigenvalue weighted by atomic mass is 9.41. The molecule has 12 atom stereocenters. The van der Waals surface area contributed by atoms with Crippen LogP contribution in [0, 0.1) is 50.7 Å². The van der Waals surface area contributed by atoms with Gasteiger partial charge in [0.05, 0.1) is 11.7 Å². The molecular weight excluding hydrogens is 424 g/mol. The van der Waals surface area contributed by atoms with Crippen LogP contribution in [0.1, 0.15) is 106 Å². The second-order valence-corrected chi connectivity index (χ2v) is 15.9. The van der Waals surface area contributed by atoms with Crippen LogP contribution in [-0.4, -0.2) is 39.9 Å². The van der Waals surface area contributed by atoms with Crippen LogP contribution in [0.5, 0.6) is 0 Å². The molecule has 7 rings (SSSR count). The molecule has 0 aromatic rings. The molecule has 5 saturated carbocycles. The van der Waals surface area contributed by atoms with Gasteiger partial charge < -0.3 is 19.7 Å². The minimum atomic E-state index is -0.981. The molecule has 2 aliphatic heterocycles. The molecule has 2 bridgehead atoms. The second-order valence-electron chi connectivity index (χ2n) is 15.9. The summed E-state index contributed by atoms with van der Waals surface area (Å²) < 4.78 is 13.6. The third-order valence-corrected chi connectivity index (χ3v) is 13.9. The second kappa shape index (κ2) is 6.11. The maximum Gasteiger partial charge on any atom is 0.199 e. The van der Waals surface area contributed by atoms with Crippen molar-refractivity contribution in [3.8, 4) is 0 Å². The number of aliphatic hydroxyl groups is 2. The summed E-state index contributed by atoms with van der Waals surface area (Å²) in [4.78, 5) is 0. The average molecular weight is 473 g/mol. The lowest BCUT2D eigenvalue weighted by Gasteiger charge is -2.63. The molecule has 5 aliphatic carbocycles. The molecule has 5 unspecified atom stereocenters. The molecule has 7 fully saturated rings. The molecule has 4 heteroatoms. The van der Waals surface area contributed by atoms with Crippen molar-refractivity contribution in [1.29, 1.82) is 0 Å². The molecule has 4 nitrogen and oxygen atoms in total. The van der Waals surface area contributed by atoms with Crippen molar-refractivity contribution in [3.63, 3.8) is 0 Å². The van der Waals surface area contributed by atoms with E-state index < -0.39 is 17.5 Å². The summed E-state index contributed by atoms with van der Waals surface area (Å²) in [5.41, 5.74) is 0.157. The highest BCUT2D eigenvalue weighted by molar-refractivity contribution is 5.34. The van der Waals surface area contributed by atoms with Gasteiger partial charge in [0.25, 0.3) is 0 Å². The van der Waals surface area contributed by atoms with Crippen molar-refractivity contribution in [1.82, 2.24) is 0 Å². The number of fused-ring (bicyclic) bond motifs is 4. The smallest absolute Gasteiger partial charge is 0.199 e. The molecule has 34 heavy (non-hydrogen) atoms. The quantitative estimate of drug-likeness (QED) is 0.515. The third kappa shape index (κ3) is 2.18. The topological polar surface area (TPSA) is 58.9 Å². The van der Waals surface area contributed by atoms with Crippen LogP contribution in [0.25, 0.3) is 0 Å². The lowest BCUT2D eigenvalue weighted by molar-refractivity contribution is -0.282. The van der Waals surface area contributed by atoms with Gasteiger partial charge in [0.2, 0.25) is 0 Å². The van der Waals surface area contributed by atoms with Crippen LogP contribution < -0.4 is 0 Å². The van der Waals surface area contributed by atoms with Crippen molar-refractivity contribution in [2.24, 2.45) is 50.7 Å². The van der Waals surface area contributed by atoms with E-state index in [1.54, 1.807) is 0 Å². The largest absolute Gasteiger partial charge is 0.388 e. The van der Waals surface area contributed by atoms with Gasteiger partial charge in [-0.3, -0.25) is 0 Å². The minimum absolute atomic E-state index is 0.0119. The van der Waals surface area contributed by atoms with E-state index >= 15 is 0 Å². The highest BCUT2D eigenvalue weighted by Gasteiger charge is 2.87. The number of hydrogen-bond donors (Lipinski definition) is 2. The Morgan fingerprint density at radius 3 is 2.26 bits per heavy atom. The van der Waals surface area contributed by atoms with Gasteiger partial charge in [0.1, 0.15) is 12.2 Å². The number of ether oxygens (including phenoxy) is 2. The van der Waals surface area contributed by atoms with Crippen LogP contribution in [0.2, 0.25) is 0 Å².